The van der Waals surface area contributed by atoms with Gasteiger partial charge in [0.1, 0.15) is 6.07 Å². The molecule has 0 amide bonds. The lowest BCUT2D eigenvalue weighted by atomic mass is 9.90. The highest BCUT2D eigenvalue weighted by molar-refractivity contribution is 6.31. The normalized spacial score (nSPS) is 21.9. The van der Waals surface area contributed by atoms with Gasteiger partial charge < -0.3 is 0 Å². The van der Waals surface area contributed by atoms with Gasteiger partial charge in [0, 0.05) is 17.8 Å². The number of dihydropyridines is 1. The number of nitrogens with one attached hydrogen (secondary N) is 1. The van der Waals surface area contributed by atoms with Crippen LogP contribution in [0.3, 0.4) is 0 Å². The number of allylic oxidation sites excluding steroid dienone is 1. The Morgan fingerprint density at radius 1 is 1.40 bits per heavy atom. The maximum Gasteiger partial charge on any atom is 0.100 e. The predicted molar refractivity (Wildman–Crippen MR) is 103 cm³/mol. The minimum atomic E-state index is -0.289. The van der Waals surface area contributed by atoms with E-state index in [1.165, 1.54) is 24.0 Å². The van der Waals surface area contributed by atoms with E-state index in [2.05, 4.69) is 47.5 Å². The quantitative estimate of drug-likeness (QED) is 0.787. The summed E-state index contributed by atoms with van der Waals surface area (Å²) in [6, 6.07) is 8.47. The number of hydrogen-bond donors (Lipinski definition) is 1. The van der Waals surface area contributed by atoms with Gasteiger partial charge in [0.2, 0.25) is 0 Å². The molecule has 1 unspecified atom stereocenters. The maximum atomic E-state index is 9.22. The third-order valence-electron chi connectivity index (χ3n) is 5.12. The van der Waals surface area contributed by atoms with E-state index in [9.17, 15) is 5.26 Å². The minimum Gasteiger partial charge on any atom is -0.284 e. The van der Waals surface area contributed by atoms with Crippen LogP contribution in [0.4, 0.5) is 0 Å². The Hall–Kier alpha value is -1.67. The molecular weight excluding hydrogens is 332 g/mol. The lowest BCUT2D eigenvalue weighted by molar-refractivity contribution is 0.122. The number of aliphatic imine (C=N–C) groups is 1. The van der Waals surface area contributed by atoms with Crippen molar-refractivity contribution in [2.24, 2.45) is 4.99 Å². The molecule has 0 bridgehead atoms. The summed E-state index contributed by atoms with van der Waals surface area (Å²) < 4.78 is 0. The Kier molecular flexibility index (Phi) is 5.29. The SMILES string of the molecule is CNN(CCc1c(Cl)cccc1C1CC1)C1C=C(C#N)C=NC1(C)C. The van der Waals surface area contributed by atoms with Crippen LogP contribution in [0.2, 0.25) is 5.02 Å². The van der Waals surface area contributed by atoms with E-state index in [0.717, 1.165) is 18.0 Å². The van der Waals surface area contributed by atoms with E-state index in [0.29, 0.717) is 11.5 Å². The van der Waals surface area contributed by atoms with Crippen LogP contribution < -0.4 is 5.43 Å². The summed E-state index contributed by atoms with van der Waals surface area (Å²) in [6.45, 7) is 4.99. The molecule has 1 aliphatic heterocycles. The smallest absolute Gasteiger partial charge is 0.100 e. The molecule has 4 nitrogen and oxygen atoms in total. The zero-order valence-corrected chi connectivity index (χ0v) is 15.8. The predicted octanol–water partition coefficient (Wildman–Crippen LogP) is 3.88. The molecule has 3 rings (SSSR count). The average Bonchev–Trinajstić information content (AvgIpc) is 3.42. The third-order valence-corrected chi connectivity index (χ3v) is 5.48. The van der Waals surface area contributed by atoms with Crippen LogP contribution in [0.15, 0.2) is 34.8 Å². The van der Waals surface area contributed by atoms with Gasteiger partial charge in [-0.1, -0.05) is 23.7 Å². The van der Waals surface area contributed by atoms with Crippen molar-refractivity contribution < 1.29 is 0 Å². The summed E-state index contributed by atoms with van der Waals surface area (Å²) in [4.78, 5) is 4.57. The van der Waals surface area contributed by atoms with Crippen molar-refractivity contribution in [3.05, 3.63) is 46.0 Å². The first-order chi connectivity index (χ1) is 12.0. The van der Waals surface area contributed by atoms with Crippen molar-refractivity contribution in [3.63, 3.8) is 0 Å². The zero-order valence-electron chi connectivity index (χ0n) is 15.1. The molecular formula is C20H25ClN4. The van der Waals surface area contributed by atoms with Crippen LogP contribution in [-0.4, -0.2) is 36.4 Å². The monoisotopic (exact) mass is 356 g/mol. The molecule has 2 aliphatic rings. The summed E-state index contributed by atoms with van der Waals surface area (Å²) in [5.74, 6) is 0.678. The van der Waals surface area contributed by atoms with Gasteiger partial charge in [0.15, 0.2) is 0 Å². The van der Waals surface area contributed by atoms with Gasteiger partial charge in [-0.3, -0.25) is 10.4 Å². The fraction of sp³-hybridized carbons (Fsp3) is 0.500. The fourth-order valence-electron chi connectivity index (χ4n) is 3.50. The molecule has 1 fully saturated rings. The van der Waals surface area contributed by atoms with Gasteiger partial charge in [-0.05, 0) is 69.3 Å². The molecule has 5 heteroatoms. The summed E-state index contributed by atoms with van der Waals surface area (Å²) in [7, 11) is 1.92. The van der Waals surface area contributed by atoms with Gasteiger partial charge in [-0.2, -0.15) is 5.26 Å². The molecule has 1 saturated carbocycles. The van der Waals surface area contributed by atoms with Crippen LogP contribution >= 0.6 is 11.6 Å². The lowest BCUT2D eigenvalue weighted by Crippen LogP contribution is -2.54. The second-order valence-corrected chi connectivity index (χ2v) is 7.75. The van der Waals surface area contributed by atoms with Gasteiger partial charge in [-0.15, -0.1) is 0 Å². The Morgan fingerprint density at radius 3 is 2.80 bits per heavy atom. The summed E-state index contributed by atoms with van der Waals surface area (Å²) in [5, 5.41) is 12.2. The summed E-state index contributed by atoms with van der Waals surface area (Å²) >= 11 is 6.50. The molecule has 1 atom stereocenters. The standard InChI is InChI=1S/C20H25ClN4/c1-20(2)19(11-14(12-22)13-24-20)25(23-3)10-9-17-16(15-7-8-15)5-4-6-18(17)21/h4-6,11,13,15,19,23H,7-10H2,1-3H3. The topological polar surface area (TPSA) is 51.4 Å². The van der Waals surface area contributed by atoms with E-state index < -0.39 is 0 Å². The maximum absolute atomic E-state index is 9.22. The molecule has 132 valence electrons. The van der Waals surface area contributed by atoms with Gasteiger partial charge in [0.05, 0.1) is 17.2 Å². The molecule has 25 heavy (non-hydrogen) atoms. The highest BCUT2D eigenvalue weighted by Gasteiger charge is 2.34. The first kappa shape index (κ1) is 18.1. The van der Waals surface area contributed by atoms with Crippen molar-refractivity contribution in [1.82, 2.24) is 10.4 Å². The summed E-state index contributed by atoms with van der Waals surface area (Å²) in [6.07, 6.45) is 7.07. The Balaban J connectivity index is 1.79. The lowest BCUT2D eigenvalue weighted by Gasteiger charge is -2.39. The molecule has 0 radical (unpaired) electrons. The molecule has 0 aromatic heterocycles. The van der Waals surface area contributed by atoms with Crippen LogP contribution in [0.25, 0.3) is 0 Å². The van der Waals surface area contributed by atoms with E-state index in [1.807, 2.05) is 19.2 Å². The fourth-order valence-corrected chi connectivity index (χ4v) is 3.78. The Bertz CT molecular complexity index is 741. The van der Waals surface area contributed by atoms with Crippen molar-refractivity contribution in [1.29, 1.82) is 5.26 Å². The Morgan fingerprint density at radius 2 is 2.16 bits per heavy atom. The zero-order chi connectivity index (χ0) is 18.0. The number of benzene rings is 1. The van der Waals surface area contributed by atoms with Gasteiger partial charge in [0.25, 0.3) is 0 Å². The van der Waals surface area contributed by atoms with Crippen LogP contribution in [0.1, 0.15) is 43.7 Å². The van der Waals surface area contributed by atoms with Crippen LogP contribution in [0, 0.1) is 11.3 Å². The van der Waals surface area contributed by atoms with Crippen LogP contribution in [0.5, 0.6) is 0 Å². The molecule has 0 spiro atoms. The molecule has 1 heterocycles. The number of hydrogen-bond acceptors (Lipinski definition) is 4. The first-order valence-corrected chi connectivity index (χ1v) is 9.22. The minimum absolute atomic E-state index is 0.0176. The molecule has 1 N–H and O–H groups in total. The largest absolute Gasteiger partial charge is 0.284 e. The highest BCUT2D eigenvalue weighted by atomic mass is 35.5. The van der Waals surface area contributed by atoms with Gasteiger partial charge >= 0.3 is 0 Å². The number of nitrogens with zero attached hydrogens (tertiary/aromatic N) is 3. The number of nitriles is 1. The summed E-state index contributed by atoms with van der Waals surface area (Å²) in [5.41, 5.74) is 6.27. The number of hydrazine groups is 1. The third kappa shape index (κ3) is 3.95. The van der Waals surface area contributed by atoms with Crippen molar-refractivity contribution in [3.8, 4) is 6.07 Å². The molecule has 1 aromatic rings. The number of rotatable bonds is 6. The van der Waals surface area contributed by atoms with Gasteiger partial charge in [-0.25, -0.2) is 5.01 Å². The number of halogens is 1. The second-order valence-electron chi connectivity index (χ2n) is 7.34. The highest BCUT2D eigenvalue weighted by Crippen LogP contribution is 2.43. The van der Waals surface area contributed by atoms with Crippen LogP contribution in [-0.2, 0) is 6.42 Å². The molecule has 1 aliphatic carbocycles. The van der Waals surface area contributed by atoms with Crippen molar-refractivity contribution in [2.45, 2.75) is 50.6 Å². The van der Waals surface area contributed by atoms with E-state index in [1.54, 1.807) is 6.21 Å². The van der Waals surface area contributed by atoms with Crippen molar-refractivity contribution >= 4 is 17.8 Å². The molecule has 1 aromatic carbocycles. The average molecular weight is 357 g/mol. The molecule has 0 saturated heterocycles. The van der Waals surface area contributed by atoms with E-state index >= 15 is 0 Å². The second kappa shape index (κ2) is 7.29. The van der Waals surface area contributed by atoms with E-state index in [-0.39, 0.29) is 11.6 Å². The van der Waals surface area contributed by atoms with E-state index in [4.69, 9.17) is 11.6 Å². The Labute approximate surface area is 155 Å². The first-order valence-electron chi connectivity index (χ1n) is 8.84. The van der Waals surface area contributed by atoms with Crippen molar-refractivity contribution in [2.75, 3.05) is 13.6 Å².